The summed E-state index contributed by atoms with van der Waals surface area (Å²) >= 11 is 0. The molecule has 1 fully saturated rings. The summed E-state index contributed by atoms with van der Waals surface area (Å²) in [4.78, 5) is 2.56. The third-order valence-electron chi connectivity index (χ3n) is 4.17. The lowest BCUT2D eigenvalue weighted by atomic mass is 9.87. The minimum Gasteiger partial charge on any atom is -0.383 e. The van der Waals surface area contributed by atoms with Crippen molar-refractivity contribution in [2.24, 2.45) is 0 Å². The number of hydrogen-bond donors (Lipinski definition) is 1. The SMILES string of the molecule is CCCNC(COC)C(C)(CC)N1CCOCC1. The van der Waals surface area contributed by atoms with Crippen molar-refractivity contribution in [2.75, 3.05) is 46.6 Å². The van der Waals surface area contributed by atoms with Crippen LogP contribution < -0.4 is 5.32 Å². The number of morpholine rings is 1. The van der Waals surface area contributed by atoms with Crippen LogP contribution in [0.4, 0.5) is 0 Å². The Balaban J connectivity index is 2.71. The second kappa shape index (κ2) is 8.10. The van der Waals surface area contributed by atoms with E-state index in [-0.39, 0.29) is 5.54 Å². The average Bonchev–Trinajstić information content (AvgIpc) is 2.43. The van der Waals surface area contributed by atoms with Crippen LogP contribution in [-0.2, 0) is 9.47 Å². The first-order chi connectivity index (χ1) is 8.69. The minimum atomic E-state index is 0.148. The summed E-state index contributed by atoms with van der Waals surface area (Å²) in [6.07, 6.45) is 2.28. The third kappa shape index (κ3) is 3.92. The number of hydrogen-bond acceptors (Lipinski definition) is 4. The van der Waals surface area contributed by atoms with Crippen LogP contribution in [0.5, 0.6) is 0 Å². The molecule has 2 atom stereocenters. The number of nitrogens with zero attached hydrogens (tertiary/aromatic N) is 1. The fraction of sp³-hybridized carbons (Fsp3) is 1.00. The maximum absolute atomic E-state index is 5.47. The second-order valence-corrected chi connectivity index (χ2v) is 5.27. The van der Waals surface area contributed by atoms with Crippen LogP contribution in [0.15, 0.2) is 0 Å². The topological polar surface area (TPSA) is 33.7 Å². The van der Waals surface area contributed by atoms with E-state index in [4.69, 9.17) is 9.47 Å². The van der Waals surface area contributed by atoms with Crippen LogP contribution >= 0.6 is 0 Å². The van der Waals surface area contributed by atoms with Gasteiger partial charge in [0.15, 0.2) is 0 Å². The molecule has 0 aliphatic carbocycles. The van der Waals surface area contributed by atoms with Crippen molar-refractivity contribution < 1.29 is 9.47 Å². The Labute approximate surface area is 112 Å². The van der Waals surface area contributed by atoms with E-state index in [2.05, 4.69) is 31.0 Å². The van der Waals surface area contributed by atoms with Crippen molar-refractivity contribution in [1.82, 2.24) is 10.2 Å². The van der Waals surface area contributed by atoms with Crippen LogP contribution in [0, 0.1) is 0 Å². The summed E-state index contributed by atoms with van der Waals surface area (Å²) in [6.45, 7) is 12.4. The molecule has 0 aromatic carbocycles. The van der Waals surface area contributed by atoms with Gasteiger partial charge in [0.1, 0.15) is 0 Å². The molecular weight excluding hydrogens is 228 g/mol. The summed E-state index contributed by atoms with van der Waals surface area (Å²) in [5, 5.41) is 3.65. The Hall–Kier alpha value is -0.160. The predicted molar refractivity (Wildman–Crippen MR) is 75.0 cm³/mol. The first kappa shape index (κ1) is 15.9. The van der Waals surface area contributed by atoms with Gasteiger partial charge >= 0.3 is 0 Å². The monoisotopic (exact) mass is 258 g/mol. The van der Waals surface area contributed by atoms with Crippen LogP contribution in [0.3, 0.4) is 0 Å². The molecule has 0 bridgehead atoms. The molecule has 2 unspecified atom stereocenters. The van der Waals surface area contributed by atoms with E-state index >= 15 is 0 Å². The quantitative estimate of drug-likeness (QED) is 0.715. The van der Waals surface area contributed by atoms with E-state index in [1.54, 1.807) is 7.11 Å². The maximum atomic E-state index is 5.47. The second-order valence-electron chi connectivity index (χ2n) is 5.27. The van der Waals surface area contributed by atoms with Crippen LogP contribution in [0.1, 0.15) is 33.6 Å². The smallest absolute Gasteiger partial charge is 0.0633 e. The van der Waals surface area contributed by atoms with Crippen LogP contribution in [-0.4, -0.2) is 63.0 Å². The molecule has 0 radical (unpaired) electrons. The molecule has 0 aromatic heterocycles. The molecule has 0 amide bonds. The molecule has 1 rings (SSSR count). The molecule has 4 nitrogen and oxygen atoms in total. The van der Waals surface area contributed by atoms with E-state index in [0.717, 1.165) is 52.3 Å². The molecule has 0 saturated carbocycles. The molecule has 108 valence electrons. The number of methoxy groups -OCH3 is 1. The van der Waals surface area contributed by atoms with E-state index < -0.39 is 0 Å². The Morgan fingerprint density at radius 1 is 1.33 bits per heavy atom. The number of ether oxygens (including phenoxy) is 2. The van der Waals surface area contributed by atoms with Gasteiger partial charge in [-0.25, -0.2) is 0 Å². The molecule has 4 heteroatoms. The fourth-order valence-electron chi connectivity index (χ4n) is 2.71. The summed E-state index contributed by atoms with van der Waals surface area (Å²) in [7, 11) is 1.79. The summed E-state index contributed by atoms with van der Waals surface area (Å²) in [5.41, 5.74) is 0.148. The van der Waals surface area contributed by atoms with Crippen molar-refractivity contribution in [3.63, 3.8) is 0 Å². The molecule has 18 heavy (non-hydrogen) atoms. The zero-order valence-electron chi connectivity index (χ0n) is 12.5. The zero-order chi connectivity index (χ0) is 13.4. The predicted octanol–water partition coefficient (Wildman–Crippen LogP) is 1.50. The normalized spacial score (nSPS) is 22.7. The van der Waals surface area contributed by atoms with Gasteiger partial charge in [-0.2, -0.15) is 0 Å². The van der Waals surface area contributed by atoms with E-state index in [9.17, 15) is 0 Å². The Kier molecular flexibility index (Phi) is 7.15. The Morgan fingerprint density at radius 2 is 2.00 bits per heavy atom. The fourth-order valence-corrected chi connectivity index (χ4v) is 2.71. The third-order valence-corrected chi connectivity index (χ3v) is 4.17. The van der Waals surface area contributed by atoms with Gasteiger partial charge in [0.25, 0.3) is 0 Å². The molecule has 0 aromatic rings. The summed E-state index contributed by atoms with van der Waals surface area (Å²) < 4.78 is 10.9. The lowest BCUT2D eigenvalue weighted by Crippen LogP contribution is -2.63. The summed E-state index contributed by atoms with van der Waals surface area (Å²) in [6, 6.07) is 0.380. The lowest BCUT2D eigenvalue weighted by molar-refractivity contribution is -0.0429. The standard InChI is InChI=1S/C14H30N2O2/c1-5-7-15-13(12-17-4)14(3,6-2)16-8-10-18-11-9-16/h13,15H,5-12H2,1-4H3. The van der Waals surface area contributed by atoms with Crippen LogP contribution in [0.2, 0.25) is 0 Å². The van der Waals surface area contributed by atoms with Gasteiger partial charge in [-0.05, 0) is 26.3 Å². The minimum absolute atomic E-state index is 0.148. The van der Waals surface area contributed by atoms with Crippen molar-refractivity contribution in [3.8, 4) is 0 Å². The van der Waals surface area contributed by atoms with Gasteiger partial charge in [0.2, 0.25) is 0 Å². The van der Waals surface area contributed by atoms with Crippen molar-refractivity contribution >= 4 is 0 Å². The van der Waals surface area contributed by atoms with E-state index in [1.807, 2.05) is 0 Å². The van der Waals surface area contributed by atoms with Gasteiger partial charge in [-0.15, -0.1) is 0 Å². The maximum Gasteiger partial charge on any atom is 0.0633 e. The molecular formula is C14H30N2O2. The lowest BCUT2D eigenvalue weighted by Gasteiger charge is -2.48. The van der Waals surface area contributed by atoms with Gasteiger partial charge < -0.3 is 14.8 Å². The molecule has 1 aliphatic heterocycles. The van der Waals surface area contributed by atoms with Crippen LogP contribution in [0.25, 0.3) is 0 Å². The van der Waals surface area contributed by atoms with Gasteiger partial charge in [-0.3, -0.25) is 4.90 Å². The highest BCUT2D eigenvalue weighted by molar-refractivity contribution is 4.97. The van der Waals surface area contributed by atoms with Crippen molar-refractivity contribution in [1.29, 1.82) is 0 Å². The van der Waals surface area contributed by atoms with Crippen molar-refractivity contribution in [3.05, 3.63) is 0 Å². The van der Waals surface area contributed by atoms with Gasteiger partial charge in [0.05, 0.1) is 19.8 Å². The molecule has 1 saturated heterocycles. The first-order valence-corrected chi connectivity index (χ1v) is 7.24. The highest BCUT2D eigenvalue weighted by atomic mass is 16.5. The van der Waals surface area contributed by atoms with Gasteiger partial charge in [-0.1, -0.05) is 13.8 Å². The number of nitrogens with one attached hydrogen (secondary N) is 1. The Morgan fingerprint density at radius 3 is 2.50 bits per heavy atom. The Bertz CT molecular complexity index is 220. The average molecular weight is 258 g/mol. The molecule has 1 aliphatic rings. The molecule has 0 spiro atoms. The van der Waals surface area contributed by atoms with Gasteiger partial charge in [0, 0.05) is 31.8 Å². The molecule has 1 N–H and O–H groups in total. The number of rotatable bonds is 8. The highest BCUT2D eigenvalue weighted by Gasteiger charge is 2.38. The zero-order valence-corrected chi connectivity index (χ0v) is 12.5. The van der Waals surface area contributed by atoms with E-state index in [1.165, 1.54) is 0 Å². The molecule has 1 heterocycles. The first-order valence-electron chi connectivity index (χ1n) is 7.24. The largest absolute Gasteiger partial charge is 0.383 e. The van der Waals surface area contributed by atoms with E-state index in [0.29, 0.717) is 6.04 Å². The summed E-state index contributed by atoms with van der Waals surface area (Å²) in [5.74, 6) is 0. The highest BCUT2D eigenvalue weighted by Crippen LogP contribution is 2.25. The van der Waals surface area contributed by atoms with Crippen molar-refractivity contribution in [2.45, 2.75) is 45.2 Å².